The average molecular weight is 620 g/mol. The minimum atomic E-state index is -0.181. The fraction of sp³-hybridized carbons (Fsp3) is 0.0698. The molecule has 222 valence electrons. The number of thiophene rings is 1. The Labute approximate surface area is 276 Å². The summed E-state index contributed by atoms with van der Waals surface area (Å²) in [4.78, 5) is 10.9. The zero-order valence-electron chi connectivity index (χ0n) is 26.0. The molecule has 0 saturated carbocycles. The van der Waals surface area contributed by atoms with Crippen LogP contribution in [0.15, 0.2) is 140 Å². The second-order valence-corrected chi connectivity index (χ2v) is 14.1. The van der Waals surface area contributed by atoms with Crippen LogP contribution in [0.4, 0.5) is 0 Å². The summed E-state index contributed by atoms with van der Waals surface area (Å²) >= 11 is 1.87. The van der Waals surface area contributed by atoms with Crippen LogP contribution >= 0.6 is 11.3 Å². The molecule has 6 aromatic carbocycles. The largest absolute Gasteiger partial charge is 0.276 e. The first-order valence-corrected chi connectivity index (χ1v) is 16.9. The van der Waals surface area contributed by atoms with Gasteiger partial charge in [-0.25, -0.2) is 9.97 Å². The van der Waals surface area contributed by atoms with Gasteiger partial charge in [0.2, 0.25) is 5.95 Å². The molecule has 1 aliphatic rings. The maximum absolute atomic E-state index is 5.48. The highest BCUT2D eigenvalue weighted by atomic mass is 32.1. The first-order valence-electron chi connectivity index (χ1n) is 16.1. The Morgan fingerprint density at radius 3 is 2.09 bits per heavy atom. The Bertz CT molecular complexity index is 2700. The zero-order valence-corrected chi connectivity index (χ0v) is 26.8. The van der Waals surface area contributed by atoms with Crippen LogP contribution in [0.25, 0.3) is 81.6 Å². The zero-order chi connectivity index (χ0) is 31.3. The Balaban J connectivity index is 1.38. The summed E-state index contributed by atoms with van der Waals surface area (Å²) in [6.07, 6.45) is 0. The third-order valence-corrected chi connectivity index (χ3v) is 11.2. The molecule has 47 heavy (non-hydrogen) atoms. The topological polar surface area (TPSA) is 30.7 Å². The van der Waals surface area contributed by atoms with Crippen LogP contribution in [0.1, 0.15) is 25.0 Å². The summed E-state index contributed by atoms with van der Waals surface area (Å²) in [6.45, 7) is 4.72. The number of nitrogens with zero attached hydrogens (tertiary/aromatic N) is 3. The van der Waals surface area contributed by atoms with Gasteiger partial charge in [0.15, 0.2) is 0 Å². The Morgan fingerprint density at radius 1 is 0.574 bits per heavy atom. The molecular formula is C43H29N3S. The Hall–Kier alpha value is -5.58. The smallest absolute Gasteiger partial charge is 0.235 e. The second-order valence-electron chi connectivity index (χ2n) is 13.0. The van der Waals surface area contributed by atoms with E-state index in [4.69, 9.17) is 9.97 Å². The number of rotatable bonds is 3. The molecule has 3 heterocycles. The Morgan fingerprint density at radius 2 is 1.26 bits per heavy atom. The van der Waals surface area contributed by atoms with E-state index < -0.39 is 0 Å². The molecule has 0 atom stereocenters. The van der Waals surface area contributed by atoms with E-state index in [9.17, 15) is 0 Å². The lowest BCUT2D eigenvalue weighted by Crippen LogP contribution is -2.14. The average Bonchev–Trinajstić information content (AvgIpc) is 3.75. The predicted molar refractivity (Wildman–Crippen MR) is 198 cm³/mol. The lowest BCUT2D eigenvalue weighted by Gasteiger charge is -2.21. The third kappa shape index (κ3) is 3.73. The number of benzene rings is 6. The molecule has 0 unspecified atom stereocenters. The molecule has 4 heteroatoms. The van der Waals surface area contributed by atoms with Gasteiger partial charge in [0, 0.05) is 42.8 Å². The SMILES string of the molecule is CC1(C)c2ccccc2-c2c1c1ccc3c4ccccc4sc3c1n2-c1nc(-c2ccccc2)c2ccc(-c3ccccc3)cc2n1. The summed E-state index contributed by atoms with van der Waals surface area (Å²) in [7, 11) is 0. The van der Waals surface area contributed by atoms with Crippen LogP contribution < -0.4 is 0 Å². The first-order chi connectivity index (χ1) is 23.1. The van der Waals surface area contributed by atoms with Crippen molar-refractivity contribution < 1.29 is 0 Å². The minimum Gasteiger partial charge on any atom is -0.276 e. The Kier molecular flexibility index (Phi) is 5.50. The fourth-order valence-electron chi connectivity index (χ4n) is 7.85. The number of hydrogen-bond acceptors (Lipinski definition) is 3. The molecule has 3 nitrogen and oxygen atoms in total. The van der Waals surface area contributed by atoms with Crippen LogP contribution in [0.2, 0.25) is 0 Å². The van der Waals surface area contributed by atoms with E-state index >= 15 is 0 Å². The maximum Gasteiger partial charge on any atom is 0.235 e. The molecule has 10 rings (SSSR count). The summed E-state index contributed by atoms with van der Waals surface area (Å²) in [5.41, 5.74) is 11.4. The highest BCUT2D eigenvalue weighted by Crippen LogP contribution is 2.55. The van der Waals surface area contributed by atoms with Gasteiger partial charge in [-0.15, -0.1) is 11.3 Å². The van der Waals surface area contributed by atoms with Crippen molar-refractivity contribution in [2.75, 3.05) is 0 Å². The molecule has 3 aromatic heterocycles. The maximum atomic E-state index is 5.48. The highest BCUT2D eigenvalue weighted by molar-refractivity contribution is 7.26. The molecule has 0 radical (unpaired) electrons. The summed E-state index contributed by atoms with van der Waals surface area (Å²) < 4.78 is 4.95. The van der Waals surface area contributed by atoms with Crippen molar-refractivity contribution in [2.45, 2.75) is 19.3 Å². The molecule has 9 aromatic rings. The van der Waals surface area contributed by atoms with Crippen molar-refractivity contribution in [1.29, 1.82) is 0 Å². The van der Waals surface area contributed by atoms with Crippen LogP contribution in [0.5, 0.6) is 0 Å². The monoisotopic (exact) mass is 619 g/mol. The highest BCUT2D eigenvalue weighted by Gasteiger charge is 2.41. The van der Waals surface area contributed by atoms with Crippen LogP contribution in [-0.2, 0) is 5.41 Å². The van der Waals surface area contributed by atoms with Gasteiger partial charge in [0.05, 0.1) is 27.1 Å². The van der Waals surface area contributed by atoms with Crippen molar-refractivity contribution >= 4 is 53.3 Å². The van der Waals surface area contributed by atoms with E-state index in [0.717, 1.165) is 27.7 Å². The van der Waals surface area contributed by atoms with Crippen LogP contribution in [0.3, 0.4) is 0 Å². The summed E-state index contributed by atoms with van der Waals surface area (Å²) in [5.74, 6) is 0.699. The number of fused-ring (bicyclic) bond motifs is 10. The normalized spacial score (nSPS) is 13.5. The number of hydrogen-bond donors (Lipinski definition) is 0. The molecule has 1 aliphatic carbocycles. The predicted octanol–water partition coefficient (Wildman–Crippen LogP) is 11.6. The molecule has 0 fully saturated rings. The van der Waals surface area contributed by atoms with E-state index in [1.165, 1.54) is 59.0 Å². The lowest BCUT2D eigenvalue weighted by atomic mass is 9.81. The lowest BCUT2D eigenvalue weighted by molar-refractivity contribution is 0.666. The van der Waals surface area contributed by atoms with Gasteiger partial charge in [-0.2, -0.15) is 0 Å². The minimum absolute atomic E-state index is 0.181. The molecule has 0 saturated heterocycles. The van der Waals surface area contributed by atoms with Crippen molar-refractivity contribution in [2.24, 2.45) is 0 Å². The van der Waals surface area contributed by atoms with Gasteiger partial charge in [-0.1, -0.05) is 135 Å². The fourth-order valence-corrected chi connectivity index (χ4v) is 9.09. The van der Waals surface area contributed by atoms with Crippen molar-refractivity contribution in [1.82, 2.24) is 14.5 Å². The first kappa shape index (κ1) is 26.6. The standard InChI is InChI=1S/C43H29N3S/c1-43(2)34-19-11-9-18-31(34)39-37(43)33-24-23-30-29-17-10-12-20-36(29)47-41(30)40(33)46(39)42-44-35-25-28(26-13-5-3-6-14-26)21-22-32(35)38(45-42)27-15-7-4-8-16-27/h3-25H,1-2H3. The molecule has 0 bridgehead atoms. The van der Waals surface area contributed by atoms with Gasteiger partial charge in [-0.3, -0.25) is 4.57 Å². The molecule has 0 N–H and O–H groups in total. The van der Waals surface area contributed by atoms with E-state index in [2.05, 4.69) is 158 Å². The van der Waals surface area contributed by atoms with Gasteiger partial charge < -0.3 is 0 Å². The van der Waals surface area contributed by atoms with Crippen molar-refractivity contribution in [3.63, 3.8) is 0 Å². The van der Waals surface area contributed by atoms with E-state index in [0.29, 0.717) is 5.95 Å². The summed E-state index contributed by atoms with van der Waals surface area (Å²) in [6, 6.07) is 50.0. The van der Waals surface area contributed by atoms with Crippen molar-refractivity contribution in [3.05, 3.63) is 151 Å². The van der Waals surface area contributed by atoms with Crippen molar-refractivity contribution in [3.8, 4) is 39.6 Å². The van der Waals surface area contributed by atoms with Gasteiger partial charge in [-0.05, 0) is 40.5 Å². The van der Waals surface area contributed by atoms with Crippen LogP contribution in [0, 0.1) is 0 Å². The summed E-state index contributed by atoms with van der Waals surface area (Å²) in [5, 5.41) is 4.87. The molecule has 0 amide bonds. The van der Waals surface area contributed by atoms with E-state index in [1.54, 1.807) is 0 Å². The molecular weight excluding hydrogens is 591 g/mol. The van der Waals surface area contributed by atoms with E-state index in [-0.39, 0.29) is 5.41 Å². The van der Waals surface area contributed by atoms with Crippen LogP contribution in [-0.4, -0.2) is 14.5 Å². The third-order valence-electron chi connectivity index (χ3n) is 9.99. The quantitative estimate of drug-likeness (QED) is 0.197. The van der Waals surface area contributed by atoms with E-state index in [1.807, 2.05) is 11.3 Å². The van der Waals surface area contributed by atoms with Gasteiger partial charge in [0.25, 0.3) is 0 Å². The number of aromatic nitrogens is 3. The van der Waals surface area contributed by atoms with Gasteiger partial charge >= 0.3 is 0 Å². The molecule has 0 aliphatic heterocycles. The molecule has 0 spiro atoms. The van der Waals surface area contributed by atoms with Gasteiger partial charge in [0.1, 0.15) is 0 Å². The second kappa shape index (κ2) is 9.71.